The molecular formula is C24H23NO5. The molecule has 0 saturated carbocycles. The molecule has 6 heteroatoms. The number of nitrogens with zero attached hydrogens (tertiary/aromatic N) is 1. The first-order chi connectivity index (χ1) is 14.5. The van der Waals surface area contributed by atoms with Crippen LogP contribution in [0, 0.1) is 6.92 Å². The molecule has 0 atom stereocenters. The van der Waals surface area contributed by atoms with Crippen LogP contribution in [-0.2, 0) is 0 Å². The maximum atomic E-state index is 13.1. The zero-order valence-electron chi connectivity index (χ0n) is 17.1. The molecule has 6 nitrogen and oxygen atoms in total. The van der Waals surface area contributed by atoms with E-state index in [1.54, 1.807) is 30.2 Å². The summed E-state index contributed by atoms with van der Waals surface area (Å²) in [6.07, 6.45) is 1.53. The fourth-order valence-corrected chi connectivity index (χ4v) is 4.52. The molecule has 3 aromatic rings. The van der Waals surface area contributed by atoms with Crippen molar-refractivity contribution in [2.24, 2.45) is 0 Å². The highest BCUT2D eigenvalue weighted by Crippen LogP contribution is 2.41. The van der Waals surface area contributed by atoms with Gasteiger partial charge in [0.1, 0.15) is 22.7 Å². The lowest BCUT2D eigenvalue weighted by Gasteiger charge is -2.43. The van der Waals surface area contributed by atoms with E-state index in [9.17, 15) is 9.59 Å². The summed E-state index contributed by atoms with van der Waals surface area (Å²) in [7, 11) is 1.59. The normalized spacial score (nSPS) is 17.7. The second-order valence-corrected chi connectivity index (χ2v) is 8.09. The standard InChI is InChI=1S/C24H23NO5/c1-15-17-5-3-4-6-20(17)29-22(15)23(27)25-11-9-24(10-12-25)14-19(26)18-8-7-16(28-2)13-21(18)30-24/h3-8,13H,9-12,14H2,1-2H3. The van der Waals surface area contributed by atoms with Crippen molar-refractivity contribution in [2.75, 3.05) is 20.2 Å². The predicted octanol–water partition coefficient (Wildman–Crippen LogP) is 4.39. The van der Waals surface area contributed by atoms with Crippen molar-refractivity contribution < 1.29 is 23.5 Å². The molecule has 1 spiro atoms. The number of rotatable bonds is 2. The molecule has 0 bridgehead atoms. The SMILES string of the molecule is COc1ccc2c(c1)OC1(CCN(C(=O)c3oc4ccccc4c3C)CC1)CC2=O. The number of carbonyl (C=O) groups is 2. The average Bonchev–Trinajstić information content (AvgIpc) is 3.10. The third-order valence-corrected chi connectivity index (χ3v) is 6.30. The van der Waals surface area contributed by atoms with Crippen molar-refractivity contribution in [2.45, 2.75) is 31.8 Å². The highest BCUT2D eigenvalue weighted by Gasteiger charge is 2.44. The van der Waals surface area contributed by atoms with Crippen LogP contribution in [0.1, 0.15) is 45.7 Å². The van der Waals surface area contributed by atoms with Gasteiger partial charge in [-0.2, -0.15) is 0 Å². The number of hydrogen-bond acceptors (Lipinski definition) is 5. The zero-order chi connectivity index (χ0) is 20.9. The van der Waals surface area contributed by atoms with Gasteiger partial charge in [0.2, 0.25) is 0 Å². The van der Waals surface area contributed by atoms with E-state index >= 15 is 0 Å². The molecule has 1 amide bonds. The Balaban J connectivity index is 1.35. The van der Waals surface area contributed by atoms with Crippen LogP contribution < -0.4 is 9.47 Å². The van der Waals surface area contributed by atoms with Crippen molar-refractivity contribution in [3.05, 3.63) is 59.4 Å². The largest absolute Gasteiger partial charge is 0.497 e. The first kappa shape index (κ1) is 18.7. The highest BCUT2D eigenvalue weighted by atomic mass is 16.5. The van der Waals surface area contributed by atoms with E-state index in [0.29, 0.717) is 55.2 Å². The highest BCUT2D eigenvalue weighted by molar-refractivity contribution is 6.01. The number of fused-ring (bicyclic) bond motifs is 2. The molecule has 1 saturated heterocycles. The fourth-order valence-electron chi connectivity index (χ4n) is 4.52. The van der Waals surface area contributed by atoms with Crippen LogP contribution in [0.2, 0.25) is 0 Å². The second-order valence-electron chi connectivity index (χ2n) is 8.09. The van der Waals surface area contributed by atoms with Gasteiger partial charge in [-0.15, -0.1) is 0 Å². The molecular weight excluding hydrogens is 382 g/mol. The number of furan rings is 1. The van der Waals surface area contributed by atoms with Crippen molar-refractivity contribution in [3.63, 3.8) is 0 Å². The predicted molar refractivity (Wildman–Crippen MR) is 111 cm³/mol. The van der Waals surface area contributed by atoms with E-state index in [1.165, 1.54) is 0 Å². The van der Waals surface area contributed by atoms with Gasteiger partial charge in [0, 0.05) is 42.9 Å². The van der Waals surface area contributed by atoms with Crippen molar-refractivity contribution in [1.82, 2.24) is 4.90 Å². The Morgan fingerprint density at radius 2 is 1.90 bits per heavy atom. The fraction of sp³-hybridized carbons (Fsp3) is 0.333. The van der Waals surface area contributed by atoms with Gasteiger partial charge >= 0.3 is 0 Å². The number of carbonyl (C=O) groups excluding carboxylic acids is 2. The van der Waals surface area contributed by atoms with Crippen LogP contribution >= 0.6 is 0 Å². The van der Waals surface area contributed by atoms with E-state index in [4.69, 9.17) is 13.9 Å². The topological polar surface area (TPSA) is 69.0 Å². The quantitative estimate of drug-likeness (QED) is 0.632. The summed E-state index contributed by atoms with van der Waals surface area (Å²) in [4.78, 5) is 27.6. The summed E-state index contributed by atoms with van der Waals surface area (Å²) in [5.74, 6) is 1.59. The summed E-state index contributed by atoms with van der Waals surface area (Å²) in [5, 5.41) is 0.959. The first-order valence-corrected chi connectivity index (χ1v) is 10.2. The summed E-state index contributed by atoms with van der Waals surface area (Å²) in [6, 6.07) is 13.0. The smallest absolute Gasteiger partial charge is 0.289 e. The number of likely N-dealkylation sites (tertiary alicyclic amines) is 1. The van der Waals surface area contributed by atoms with Crippen molar-refractivity contribution >= 4 is 22.7 Å². The van der Waals surface area contributed by atoms with E-state index in [2.05, 4.69) is 0 Å². The van der Waals surface area contributed by atoms with Gasteiger partial charge in [-0.3, -0.25) is 9.59 Å². The second kappa shape index (κ2) is 6.90. The summed E-state index contributed by atoms with van der Waals surface area (Å²) < 4.78 is 17.4. The van der Waals surface area contributed by atoms with Gasteiger partial charge in [-0.05, 0) is 25.1 Å². The zero-order valence-corrected chi connectivity index (χ0v) is 17.1. The molecule has 0 N–H and O–H groups in total. The number of Topliss-reactive ketones (excluding diaryl/α,β-unsaturated/α-hetero) is 1. The lowest BCUT2D eigenvalue weighted by atomic mass is 9.82. The molecule has 3 heterocycles. The molecule has 0 unspecified atom stereocenters. The van der Waals surface area contributed by atoms with Gasteiger partial charge in [0.25, 0.3) is 5.91 Å². The van der Waals surface area contributed by atoms with Crippen LogP contribution in [0.3, 0.4) is 0 Å². The number of para-hydroxylation sites is 1. The molecule has 154 valence electrons. The maximum Gasteiger partial charge on any atom is 0.289 e. The Labute approximate surface area is 174 Å². The monoisotopic (exact) mass is 405 g/mol. The summed E-state index contributed by atoms with van der Waals surface area (Å²) in [6.45, 7) is 2.95. The Bertz CT molecular complexity index is 1150. The molecule has 1 aromatic heterocycles. The number of piperidine rings is 1. The average molecular weight is 405 g/mol. The summed E-state index contributed by atoms with van der Waals surface area (Å²) in [5.41, 5.74) is 1.60. The van der Waals surface area contributed by atoms with E-state index < -0.39 is 5.60 Å². The Morgan fingerprint density at radius 3 is 2.63 bits per heavy atom. The molecule has 5 rings (SSSR count). The van der Waals surface area contributed by atoms with Gasteiger partial charge < -0.3 is 18.8 Å². The van der Waals surface area contributed by atoms with Crippen LogP contribution in [0.5, 0.6) is 11.5 Å². The molecule has 2 aliphatic heterocycles. The lowest BCUT2D eigenvalue weighted by Crippen LogP contribution is -2.52. The van der Waals surface area contributed by atoms with Gasteiger partial charge in [-0.1, -0.05) is 18.2 Å². The van der Waals surface area contributed by atoms with Gasteiger partial charge in [0.15, 0.2) is 11.5 Å². The Morgan fingerprint density at radius 1 is 1.13 bits per heavy atom. The number of amides is 1. The van der Waals surface area contributed by atoms with Crippen molar-refractivity contribution in [1.29, 1.82) is 0 Å². The minimum atomic E-state index is -0.573. The van der Waals surface area contributed by atoms with Crippen LogP contribution in [0.4, 0.5) is 0 Å². The molecule has 0 radical (unpaired) electrons. The number of ketones is 1. The van der Waals surface area contributed by atoms with Crippen LogP contribution in [0.25, 0.3) is 11.0 Å². The van der Waals surface area contributed by atoms with Gasteiger partial charge in [0.05, 0.1) is 19.1 Å². The Hall–Kier alpha value is -3.28. The van der Waals surface area contributed by atoms with E-state index in [0.717, 1.165) is 16.5 Å². The van der Waals surface area contributed by atoms with Crippen molar-refractivity contribution in [3.8, 4) is 11.5 Å². The number of ether oxygens (including phenoxy) is 2. The third kappa shape index (κ3) is 2.95. The minimum Gasteiger partial charge on any atom is -0.497 e. The molecule has 2 aliphatic rings. The van der Waals surface area contributed by atoms with Gasteiger partial charge in [-0.25, -0.2) is 0 Å². The molecule has 0 aliphatic carbocycles. The first-order valence-electron chi connectivity index (χ1n) is 10.2. The van der Waals surface area contributed by atoms with Crippen LogP contribution in [0.15, 0.2) is 46.9 Å². The third-order valence-electron chi connectivity index (χ3n) is 6.30. The molecule has 30 heavy (non-hydrogen) atoms. The van der Waals surface area contributed by atoms with Crippen LogP contribution in [-0.4, -0.2) is 42.4 Å². The van der Waals surface area contributed by atoms with E-state index in [-0.39, 0.29) is 11.7 Å². The lowest BCUT2D eigenvalue weighted by molar-refractivity contribution is -0.00649. The maximum absolute atomic E-state index is 13.1. The Kier molecular flexibility index (Phi) is 4.31. The number of hydrogen-bond donors (Lipinski definition) is 0. The number of methoxy groups -OCH3 is 1. The van der Waals surface area contributed by atoms with E-state index in [1.807, 2.05) is 31.2 Å². The number of aryl methyl sites for hydroxylation is 1. The molecule has 1 fully saturated rings. The molecule has 2 aromatic carbocycles. The minimum absolute atomic E-state index is 0.0757. The number of benzene rings is 2. The summed E-state index contributed by atoms with van der Waals surface area (Å²) >= 11 is 0.